The third kappa shape index (κ3) is 16.6. The Kier molecular flexibility index (Phi) is 21.5. The van der Waals surface area contributed by atoms with Gasteiger partial charge in [-0.1, -0.05) is 65.3 Å². The van der Waals surface area contributed by atoms with Crippen LogP contribution in [0.3, 0.4) is 0 Å². The lowest BCUT2D eigenvalue weighted by molar-refractivity contribution is -0.481. The Labute approximate surface area is 436 Å². The average molecular weight is 1010 g/mol. The van der Waals surface area contributed by atoms with E-state index in [1.807, 2.05) is 97.1 Å². The van der Waals surface area contributed by atoms with E-state index in [2.05, 4.69) is 81.4 Å². The Hall–Kier alpha value is -7.81. The number of hydrogen-bond donors (Lipinski definition) is 2. The van der Waals surface area contributed by atoms with Crippen molar-refractivity contribution in [3.63, 3.8) is 0 Å². The first-order chi connectivity index (χ1) is 35.3. The highest BCUT2D eigenvalue weighted by molar-refractivity contribution is 6.39. The van der Waals surface area contributed by atoms with Gasteiger partial charge < -0.3 is 49.1 Å². The number of esters is 1. The Morgan fingerprint density at radius 2 is 1.11 bits per heavy atom. The second-order valence-corrected chi connectivity index (χ2v) is 19.0. The number of ketones is 1. The van der Waals surface area contributed by atoms with E-state index in [1.54, 1.807) is 13.8 Å². The number of ether oxygens (including phenoxy) is 6. The van der Waals surface area contributed by atoms with Crippen LogP contribution in [0.25, 0.3) is 5.57 Å². The van der Waals surface area contributed by atoms with Crippen molar-refractivity contribution in [3.8, 4) is 11.5 Å². The van der Waals surface area contributed by atoms with Crippen molar-refractivity contribution in [2.75, 3.05) is 57.6 Å². The van der Waals surface area contributed by atoms with Crippen molar-refractivity contribution in [1.29, 1.82) is 0 Å². The first-order valence-electron chi connectivity index (χ1n) is 25.0. The standard InChI is InChI=1S/C59H72N4O11/c1-38(2)36-42(9)62(49-20-24-51(25-21-49)70-32-34-73-58(67)60-28-30-69-44(11)40(5)6)47-16-12-45(13-17-47)53-55(64)54(56(53)65)46-14-18-48(19-15-46)63(43(10)37-39(3)4)50-22-26-52(27-23-50)71-33-35-74-59(68)61-29-31-72-57(66)41(7)8/h12-27,38-39,42-43H,5,7,11,28-37H2,1-4,6,8-10H3,(H2-,60,61,64,65,67,68). The van der Waals surface area contributed by atoms with Crippen LogP contribution in [0.15, 0.2) is 151 Å². The molecule has 0 spiro atoms. The first kappa shape index (κ1) is 57.1. The number of alkyl carbamates (subject to hydrolysis) is 2. The Morgan fingerprint density at radius 3 is 1.59 bits per heavy atom. The zero-order valence-electron chi connectivity index (χ0n) is 44.1. The third-order valence-corrected chi connectivity index (χ3v) is 11.8. The van der Waals surface area contributed by atoms with E-state index in [4.69, 9.17) is 28.4 Å². The molecule has 2 amide bonds. The Morgan fingerprint density at radius 1 is 0.608 bits per heavy atom. The molecule has 0 radical (unpaired) electrons. The van der Waals surface area contributed by atoms with Gasteiger partial charge in [-0.05, 0) is 123 Å². The molecular weight excluding hydrogens is 941 g/mol. The zero-order valence-corrected chi connectivity index (χ0v) is 44.1. The van der Waals surface area contributed by atoms with Crippen LogP contribution >= 0.6 is 0 Å². The molecule has 0 aliphatic heterocycles. The van der Waals surface area contributed by atoms with Gasteiger partial charge >= 0.3 is 18.2 Å². The number of benzene rings is 3. The van der Waals surface area contributed by atoms with Crippen LogP contribution in [-0.2, 0) is 28.5 Å². The molecule has 15 nitrogen and oxygen atoms in total. The molecule has 0 saturated heterocycles. The van der Waals surface area contributed by atoms with E-state index >= 15 is 0 Å². The summed E-state index contributed by atoms with van der Waals surface area (Å²) in [6, 6.07) is 23.1. The van der Waals surface area contributed by atoms with Gasteiger partial charge in [-0.25, -0.2) is 14.4 Å². The van der Waals surface area contributed by atoms with E-state index < -0.39 is 18.2 Å². The fraction of sp³-hybridized carbons (Fsp3) is 0.373. The molecule has 0 bridgehead atoms. The quantitative estimate of drug-likeness (QED) is 0.0141. The molecule has 3 aromatic rings. The van der Waals surface area contributed by atoms with Crippen molar-refractivity contribution >= 4 is 52.3 Å². The summed E-state index contributed by atoms with van der Waals surface area (Å²) in [6.07, 6.45) is 8.16. The number of carbonyl (C=O) groups is 4. The summed E-state index contributed by atoms with van der Waals surface area (Å²) in [4.78, 5) is 51.5. The molecule has 5 rings (SSSR count). The molecule has 2 aliphatic carbocycles. The molecular formula is C59H72N4O11. The normalized spacial score (nSPS) is 13.7. The molecule has 0 aromatic heterocycles. The summed E-state index contributed by atoms with van der Waals surface area (Å²) in [5.74, 6) is 1.45. The van der Waals surface area contributed by atoms with E-state index in [1.165, 1.54) is 0 Å². The van der Waals surface area contributed by atoms with Crippen molar-refractivity contribution in [3.05, 3.63) is 156 Å². The molecule has 2 atom stereocenters. The summed E-state index contributed by atoms with van der Waals surface area (Å²) in [7, 11) is 0. The molecule has 0 heterocycles. The van der Waals surface area contributed by atoms with E-state index in [-0.39, 0.29) is 93.1 Å². The maximum Gasteiger partial charge on any atom is 0.407 e. The maximum absolute atomic E-state index is 13.8. The van der Waals surface area contributed by atoms with E-state index in [0.29, 0.717) is 40.2 Å². The zero-order chi connectivity index (χ0) is 53.9. The number of nitrogens with zero attached hydrogens (tertiary/aromatic N) is 2. The van der Waals surface area contributed by atoms with Gasteiger partial charge in [0, 0.05) is 64.8 Å². The molecule has 2 unspecified atom stereocenters. The Balaban J connectivity index is 1.21. The number of carbonyl (C=O) groups excluding carboxylic acids is 4. The molecule has 15 heteroatoms. The first-order valence-corrected chi connectivity index (χ1v) is 25.0. The van der Waals surface area contributed by atoms with Gasteiger partial charge in [0.25, 0.3) is 0 Å². The van der Waals surface area contributed by atoms with Crippen LogP contribution in [-0.4, -0.2) is 99.0 Å². The molecule has 2 aliphatic rings. The van der Waals surface area contributed by atoms with Crippen LogP contribution in [0.4, 0.5) is 26.7 Å². The highest BCUT2D eigenvalue weighted by atomic mass is 16.6. The molecule has 0 saturated carbocycles. The lowest BCUT2D eigenvalue weighted by Gasteiger charge is -2.34. The summed E-state index contributed by atoms with van der Waals surface area (Å²) in [5, 5.41) is 18.9. The number of amides is 2. The lowest BCUT2D eigenvalue weighted by atomic mass is 9.80. The number of nitrogens with one attached hydrogen (secondary N) is 2. The van der Waals surface area contributed by atoms with Gasteiger partial charge in [0.1, 0.15) is 56.9 Å². The van der Waals surface area contributed by atoms with E-state index in [0.717, 1.165) is 41.2 Å². The van der Waals surface area contributed by atoms with Gasteiger partial charge in [0.05, 0.1) is 13.1 Å². The molecule has 3 aromatic carbocycles. The largest absolute Gasteiger partial charge is 0.871 e. The lowest BCUT2D eigenvalue weighted by Crippen LogP contribution is -2.31. The summed E-state index contributed by atoms with van der Waals surface area (Å²) in [6.45, 7) is 28.4. The van der Waals surface area contributed by atoms with Crippen LogP contribution in [0.1, 0.15) is 73.8 Å². The number of Topliss-reactive ketones (excluding diaryl/α,β-unsaturated/α-hetero) is 1. The third-order valence-electron chi connectivity index (χ3n) is 11.8. The number of allylic oxidation sites excluding steroid dienone is 8. The molecule has 74 heavy (non-hydrogen) atoms. The fourth-order valence-electron chi connectivity index (χ4n) is 8.35. The smallest absolute Gasteiger partial charge is 0.407 e. The fourth-order valence-corrected chi connectivity index (χ4v) is 8.35. The summed E-state index contributed by atoms with van der Waals surface area (Å²) in [5.41, 5.74) is 6.15. The SMILES string of the molecule is C=C(C)C(=C)OCCNC(=O)OCCOc1ccc([N+](=C2C=CC(=C3C(=O)C(c4ccc(N(c5ccc(OCCOC(=O)NCCOC(=O)C(=C)C)cc5)C(C)CC(C)C)cc4)=C3[O-])C=C2)C(C)CC(C)C)cc1. The summed E-state index contributed by atoms with van der Waals surface area (Å²) < 4.78 is 34.6. The van der Waals surface area contributed by atoms with Gasteiger partial charge in [0.2, 0.25) is 11.4 Å². The van der Waals surface area contributed by atoms with Crippen molar-refractivity contribution in [1.82, 2.24) is 10.6 Å². The Bertz CT molecular complexity index is 2640. The summed E-state index contributed by atoms with van der Waals surface area (Å²) >= 11 is 0. The minimum absolute atomic E-state index is 0.00362. The highest BCUT2D eigenvalue weighted by Crippen LogP contribution is 2.39. The van der Waals surface area contributed by atoms with Gasteiger partial charge in [0.15, 0.2) is 11.8 Å². The topological polar surface area (TPSA) is 177 Å². The minimum atomic E-state index is -0.650. The molecule has 394 valence electrons. The monoisotopic (exact) mass is 1010 g/mol. The van der Waals surface area contributed by atoms with Crippen LogP contribution < -0.4 is 30.1 Å². The predicted molar refractivity (Wildman–Crippen MR) is 287 cm³/mol. The van der Waals surface area contributed by atoms with Crippen LogP contribution in [0.2, 0.25) is 0 Å². The molecule has 2 N–H and O–H groups in total. The van der Waals surface area contributed by atoms with Crippen molar-refractivity contribution in [2.24, 2.45) is 11.8 Å². The average Bonchev–Trinajstić information content (AvgIpc) is 3.36. The van der Waals surface area contributed by atoms with Crippen molar-refractivity contribution < 1.29 is 57.3 Å². The second kappa shape index (κ2) is 27.9. The maximum atomic E-state index is 13.8. The highest BCUT2D eigenvalue weighted by Gasteiger charge is 2.32. The number of rotatable bonds is 27. The van der Waals surface area contributed by atoms with Crippen LogP contribution in [0.5, 0.6) is 11.5 Å². The van der Waals surface area contributed by atoms with Gasteiger partial charge in [-0.2, -0.15) is 4.58 Å². The van der Waals surface area contributed by atoms with Crippen LogP contribution in [0, 0.1) is 11.8 Å². The van der Waals surface area contributed by atoms with Gasteiger partial charge in [-0.3, -0.25) is 4.79 Å². The number of anilines is 2. The van der Waals surface area contributed by atoms with Crippen molar-refractivity contribution in [2.45, 2.75) is 80.3 Å². The second-order valence-electron chi connectivity index (χ2n) is 19.0. The molecule has 0 fully saturated rings. The van der Waals surface area contributed by atoms with E-state index in [9.17, 15) is 24.3 Å². The predicted octanol–water partition coefficient (Wildman–Crippen LogP) is 9.99. The minimum Gasteiger partial charge on any atom is -0.871 e. The van der Waals surface area contributed by atoms with Gasteiger partial charge in [-0.15, -0.1) is 0 Å². The number of hydrogen-bond acceptors (Lipinski definition) is 12.